The van der Waals surface area contributed by atoms with Gasteiger partial charge in [0.05, 0.1) is 19.2 Å². The second-order valence-electron chi connectivity index (χ2n) is 5.74. The van der Waals surface area contributed by atoms with Crippen LogP contribution < -0.4 is 9.64 Å². The Morgan fingerprint density at radius 1 is 1.24 bits per heavy atom. The van der Waals surface area contributed by atoms with Crippen LogP contribution in [0.1, 0.15) is 21.5 Å². The molecule has 0 saturated carbocycles. The molecule has 0 bridgehead atoms. The summed E-state index contributed by atoms with van der Waals surface area (Å²) in [4.78, 5) is 14.0. The van der Waals surface area contributed by atoms with Gasteiger partial charge in [-0.1, -0.05) is 23.2 Å². The van der Waals surface area contributed by atoms with Gasteiger partial charge in [-0.15, -0.1) is 0 Å². The Bertz CT molecular complexity index is 838. The minimum absolute atomic E-state index is 0.0256. The number of esters is 1. The van der Waals surface area contributed by atoms with E-state index in [9.17, 15) is 9.90 Å². The van der Waals surface area contributed by atoms with Gasteiger partial charge in [-0.2, -0.15) is 0 Å². The fraction of sp³-hybridized carbons (Fsp3) is 0.278. The number of carbonyl (C=O) groups is 1. The summed E-state index contributed by atoms with van der Waals surface area (Å²) in [5.74, 6) is 0.0425. The standard InChI is InChI=1S/C18H17Cl2NO4/c1-24-16-8-15-10(6-13(16)18(23)25-2)3-4-21(15)9-11-5-12(19)7-14(20)17(11)22/h5-8,22H,3-4,9H2,1-2H3. The minimum atomic E-state index is -0.433. The summed E-state index contributed by atoms with van der Waals surface area (Å²) in [7, 11) is 2.85. The number of fused-ring (bicyclic) bond motifs is 1. The number of benzene rings is 2. The van der Waals surface area contributed by atoms with Gasteiger partial charge in [0, 0.05) is 35.4 Å². The average Bonchev–Trinajstić information content (AvgIpc) is 2.99. The van der Waals surface area contributed by atoms with Crippen LogP contribution >= 0.6 is 23.2 Å². The number of rotatable bonds is 4. The molecule has 0 amide bonds. The molecule has 1 aliphatic heterocycles. The maximum Gasteiger partial charge on any atom is 0.341 e. The molecule has 1 heterocycles. The third-order valence-corrected chi connectivity index (χ3v) is 4.77. The zero-order valence-electron chi connectivity index (χ0n) is 13.8. The molecule has 1 N–H and O–H groups in total. The predicted molar refractivity (Wildman–Crippen MR) is 97.2 cm³/mol. The third kappa shape index (κ3) is 3.34. The first-order chi connectivity index (χ1) is 11.9. The van der Waals surface area contributed by atoms with Crippen molar-refractivity contribution in [2.75, 3.05) is 25.7 Å². The molecular weight excluding hydrogens is 365 g/mol. The third-order valence-electron chi connectivity index (χ3n) is 4.27. The van der Waals surface area contributed by atoms with Gasteiger partial charge < -0.3 is 19.5 Å². The van der Waals surface area contributed by atoms with E-state index in [-0.39, 0.29) is 10.8 Å². The van der Waals surface area contributed by atoms with E-state index >= 15 is 0 Å². The number of carbonyl (C=O) groups excluding carboxylic acids is 1. The van der Waals surface area contributed by atoms with Crippen molar-refractivity contribution in [1.82, 2.24) is 0 Å². The van der Waals surface area contributed by atoms with E-state index in [0.717, 1.165) is 24.2 Å². The molecule has 0 aromatic heterocycles. The normalized spacial score (nSPS) is 12.9. The first-order valence-corrected chi connectivity index (χ1v) is 8.41. The van der Waals surface area contributed by atoms with Crippen LogP contribution in [0.15, 0.2) is 24.3 Å². The highest BCUT2D eigenvalue weighted by Gasteiger charge is 2.25. The molecule has 0 fully saturated rings. The number of anilines is 1. The maximum atomic E-state index is 11.9. The average molecular weight is 382 g/mol. The smallest absolute Gasteiger partial charge is 0.341 e. The lowest BCUT2D eigenvalue weighted by Crippen LogP contribution is -2.20. The maximum absolute atomic E-state index is 11.9. The molecule has 2 aromatic carbocycles. The van der Waals surface area contributed by atoms with E-state index in [4.69, 9.17) is 32.7 Å². The van der Waals surface area contributed by atoms with Crippen molar-refractivity contribution in [1.29, 1.82) is 0 Å². The number of hydrogen-bond donors (Lipinski definition) is 1. The van der Waals surface area contributed by atoms with Gasteiger partial charge in [-0.05, 0) is 30.2 Å². The van der Waals surface area contributed by atoms with E-state index in [1.807, 2.05) is 6.07 Å². The number of aromatic hydroxyl groups is 1. The minimum Gasteiger partial charge on any atom is -0.506 e. The van der Waals surface area contributed by atoms with Gasteiger partial charge in [-0.3, -0.25) is 0 Å². The molecule has 5 nitrogen and oxygen atoms in total. The molecule has 1 aliphatic rings. The number of ether oxygens (including phenoxy) is 2. The summed E-state index contributed by atoms with van der Waals surface area (Å²) in [5.41, 5.74) is 3.01. The first kappa shape index (κ1) is 17.7. The fourth-order valence-corrected chi connectivity index (χ4v) is 3.57. The molecule has 0 aliphatic carbocycles. The topological polar surface area (TPSA) is 59.0 Å². The number of hydrogen-bond acceptors (Lipinski definition) is 5. The van der Waals surface area contributed by atoms with Gasteiger partial charge in [0.1, 0.15) is 17.1 Å². The summed E-state index contributed by atoms with van der Waals surface area (Å²) in [6.45, 7) is 1.19. The lowest BCUT2D eigenvalue weighted by atomic mass is 10.1. The highest BCUT2D eigenvalue weighted by Crippen LogP contribution is 2.38. The molecule has 7 heteroatoms. The van der Waals surface area contributed by atoms with Crippen molar-refractivity contribution < 1.29 is 19.4 Å². The number of phenolic OH excluding ortho intramolecular Hbond substituents is 1. The molecule has 0 radical (unpaired) electrons. The Balaban J connectivity index is 1.96. The largest absolute Gasteiger partial charge is 0.506 e. The Morgan fingerprint density at radius 2 is 2.00 bits per heavy atom. The van der Waals surface area contributed by atoms with Gasteiger partial charge in [0.25, 0.3) is 0 Å². The molecule has 0 spiro atoms. The lowest BCUT2D eigenvalue weighted by Gasteiger charge is -2.21. The molecule has 0 unspecified atom stereocenters. The van der Waals surface area contributed by atoms with Crippen molar-refractivity contribution >= 4 is 34.9 Å². The monoisotopic (exact) mass is 381 g/mol. The van der Waals surface area contributed by atoms with E-state index in [1.165, 1.54) is 20.3 Å². The summed E-state index contributed by atoms with van der Waals surface area (Å²) in [5, 5.41) is 10.9. The van der Waals surface area contributed by atoms with Crippen LogP contribution in [0.4, 0.5) is 5.69 Å². The summed E-state index contributed by atoms with van der Waals surface area (Å²) in [6.07, 6.45) is 0.776. The van der Waals surface area contributed by atoms with Crippen LogP contribution in [-0.2, 0) is 17.7 Å². The number of methoxy groups -OCH3 is 2. The highest BCUT2D eigenvalue weighted by molar-refractivity contribution is 6.35. The van der Waals surface area contributed by atoms with E-state index in [0.29, 0.717) is 28.4 Å². The number of nitrogens with zero attached hydrogens (tertiary/aromatic N) is 1. The van der Waals surface area contributed by atoms with Crippen molar-refractivity contribution in [3.63, 3.8) is 0 Å². The van der Waals surface area contributed by atoms with Crippen molar-refractivity contribution in [3.8, 4) is 11.5 Å². The van der Waals surface area contributed by atoms with Crippen LogP contribution in [0, 0.1) is 0 Å². The summed E-state index contributed by atoms with van der Waals surface area (Å²) < 4.78 is 10.1. The zero-order chi connectivity index (χ0) is 18.1. The van der Waals surface area contributed by atoms with Crippen molar-refractivity contribution in [3.05, 3.63) is 51.0 Å². The quantitative estimate of drug-likeness (QED) is 0.809. The molecule has 25 heavy (non-hydrogen) atoms. The highest BCUT2D eigenvalue weighted by atomic mass is 35.5. The van der Waals surface area contributed by atoms with E-state index < -0.39 is 5.97 Å². The summed E-state index contributed by atoms with van der Waals surface area (Å²) in [6, 6.07) is 6.81. The van der Waals surface area contributed by atoms with Crippen LogP contribution in [0.2, 0.25) is 10.0 Å². The lowest BCUT2D eigenvalue weighted by molar-refractivity contribution is 0.0597. The van der Waals surface area contributed by atoms with Crippen LogP contribution in [0.25, 0.3) is 0 Å². The SMILES string of the molecule is COC(=O)c1cc2c(cc1OC)N(Cc1cc(Cl)cc(Cl)c1O)CC2. The predicted octanol–water partition coefficient (Wildman–Crippen LogP) is 4.06. The van der Waals surface area contributed by atoms with Crippen LogP contribution in [-0.4, -0.2) is 31.8 Å². The van der Waals surface area contributed by atoms with E-state index in [2.05, 4.69) is 4.90 Å². The molecule has 0 atom stereocenters. The second-order valence-corrected chi connectivity index (χ2v) is 6.58. The second kappa shape index (κ2) is 7.02. The Kier molecular flexibility index (Phi) is 4.97. The molecule has 2 aromatic rings. The zero-order valence-corrected chi connectivity index (χ0v) is 15.3. The van der Waals surface area contributed by atoms with Crippen molar-refractivity contribution in [2.45, 2.75) is 13.0 Å². The Labute approximate surface area is 155 Å². The fourth-order valence-electron chi connectivity index (χ4n) is 3.03. The number of halogens is 2. The van der Waals surface area contributed by atoms with E-state index in [1.54, 1.807) is 12.1 Å². The van der Waals surface area contributed by atoms with Crippen LogP contribution in [0.5, 0.6) is 11.5 Å². The Hall–Kier alpha value is -2.11. The Morgan fingerprint density at radius 3 is 2.68 bits per heavy atom. The molecule has 132 valence electrons. The first-order valence-electron chi connectivity index (χ1n) is 7.65. The molecular formula is C18H17Cl2NO4. The van der Waals surface area contributed by atoms with Crippen LogP contribution in [0.3, 0.4) is 0 Å². The van der Waals surface area contributed by atoms with Crippen molar-refractivity contribution in [2.24, 2.45) is 0 Å². The van der Waals surface area contributed by atoms with Gasteiger partial charge in [0.2, 0.25) is 0 Å². The van der Waals surface area contributed by atoms with Gasteiger partial charge in [-0.25, -0.2) is 4.79 Å². The molecule has 3 rings (SSSR count). The number of phenols is 1. The van der Waals surface area contributed by atoms with Gasteiger partial charge >= 0.3 is 5.97 Å². The molecule has 0 saturated heterocycles. The van der Waals surface area contributed by atoms with Gasteiger partial charge in [0.15, 0.2) is 0 Å². The summed E-state index contributed by atoms with van der Waals surface area (Å²) >= 11 is 12.0.